The largest absolute Gasteiger partial charge is 0.490 e. The van der Waals surface area contributed by atoms with Gasteiger partial charge >= 0.3 is 11.9 Å². The molecule has 8 heteroatoms. The van der Waals surface area contributed by atoms with Gasteiger partial charge in [-0.3, -0.25) is 9.59 Å². The number of fused-ring (bicyclic) bond motifs is 1. The summed E-state index contributed by atoms with van der Waals surface area (Å²) in [7, 11) is 0. The molecule has 0 bridgehead atoms. The molecule has 0 saturated carbocycles. The number of hydrogen-bond donors (Lipinski definition) is 1. The topological polar surface area (TPSA) is 86.9 Å². The van der Waals surface area contributed by atoms with Gasteiger partial charge in [-0.1, -0.05) is 48.0 Å². The number of cyclic esters (lactones) is 2. The number of aromatic amines is 1. The van der Waals surface area contributed by atoms with Gasteiger partial charge in [-0.05, 0) is 53.9 Å². The molecule has 1 aromatic heterocycles. The number of rotatable bonds is 8. The Bertz CT molecular complexity index is 1470. The van der Waals surface area contributed by atoms with Crippen molar-refractivity contribution in [2.45, 2.75) is 39.1 Å². The van der Waals surface area contributed by atoms with Crippen molar-refractivity contribution in [2.75, 3.05) is 6.61 Å². The highest BCUT2D eigenvalue weighted by atomic mass is 35.5. The number of ether oxygens (including phenoxy) is 4. The molecule has 1 aliphatic rings. The number of carbonyl (C=O) groups excluding carboxylic acids is 2. The standard InChI is InChI=1S/C30H28ClNO6/c1-4-35-25-15-19(12-13-24(25)36-17-18-8-7-9-20(31)14-18)26(22-16-32-23-11-6-5-10-21(22)23)27-28(33)37-30(2,3)38-29(27)34/h5-16,26-27,32H,4,17H2,1-3H3/t26-/m1/s1. The zero-order chi connectivity index (χ0) is 26.9. The summed E-state index contributed by atoms with van der Waals surface area (Å²) in [6.45, 7) is 5.65. The van der Waals surface area contributed by atoms with Crippen LogP contribution >= 0.6 is 11.6 Å². The number of aromatic nitrogens is 1. The van der Waals surface area contributed by atoms with E-state index in [1.807, 2.05) is 67.7 Å². The lowest BCUT2D eigenvalue weighted by atomic mass is 9.80. The van der Waals surface area contributed by atoms with Crippen LogP contribution in [0, 0.1) is 5.92 Å². The highest BCUT2D eigenvalue weighted by Gasteiger charge is 2.48. The fourth-order valence-electron chi connectivity index (χ4n) is 4.80. The Kier molecular flexibility index (Phi) is 7.04. The van der Waals surface area contributed by atoms with E-state index in [1.165, 1.54) is 0 Å². The predicted octanol–water partition coefficient (Wildman–Crippen LogP) is 6.38. The van der Waals surface area contributed by atoms with Crippen molar-refractivity contribution in [2.24, 2.45) is 5.92 Å². The average Bonchev–Trinajstić information content (AvgIpc) is 3.29. The average molecular weight is 534 g/mol. The number of esters is 2. The molecule has 196 valence electrons. The first-order valence-electron chi connectivity index (χ1n) is 12.4. The maximum Gasteiger partial charge on any atom is 0.324 e. The van der Waals surface area contributed by atoms with E-state index in [1.54, 1.807) is 26.0 Å². The highest BCUT2D eigenvalue weighted by molar-refractivity contribution is 6.30. The molecule has 0 spiro atoms. The van der Waals surface area contributed by atoms with Gasteiger partial charge in [-0.2, -0.15) is 0 Å². The minimum absolute atomic E-state index is 0.294. The summed E-state index contributed by atoms with van der Waals surface area (Å²) in [5.41, 5.74) is 3.26. The fourth-order valence-corrected chi connectivity index (χ4v) is 5.01. The van der Waals surface area contributed by atoms with Crippen LogP contribution in [0.1, 0.15) is 43.4 Å². The third-order valence-corrected chi connectivity index (χ3v) is 6.64. The summed E-state index contributed by atoms with van der Waals surface area (Å²) in [4.78, 5) is 29.7. The molecule has 1 fully saturated rings. The van der Waals surface area contributed by atoms with Crippen molar-refractivity contribution >= 4 is 34.4 Å². The quantitative estimate of drug-likeness (QED) is 0.209. The number of halogens is 1. The van der Waals surface area contributed by atoms with Gasteiger partial charge in [0.05, 0.1) is 6.61 Å². The van der Waals surface area contributed by atoms with E-state index in [9.17, 15) is 9.59 Å². The lowest BCUT2D eigenvalue weighted by Gasteiger charge is -2.36. The maximum absolute atomic E-state index is 13.2. The molecule has 0 amide bonds. The van der Waals surface area contributed by atoms with E-state index >= 15 is 0 Å². The second-order valence-electron chi connectivity index (χ2n) is 9.54. The molecule has 4 aromatic rings. The van der Waals surface area contributed by atoms with Crippen molar-refractivity contribution in [3.05, 3.63) is 94.6 Å². The van der Waals surface area contributed by atoms with Gasteiger partial charge in [0, 0.05) is 41.9 Å². The van der Waals surface area contributed by atoms with E-state index in [0.29, 0.717) is 35.3 Å². The van der Waals surface area contributed by atoms with Gasteiger partial charge in [0.25, 0.3) is 5.79 Å². The van der Waals surface area contributed by atoms with Gasteiger partial charge in [0.15, 0.2) is 17.4 Å². The van der Waals surface area contributed by atoms with Crippen LogP contribution in [-0.2, 0) is 25.7 Å². The van der Waals surface area contributed by atoms with Crippen molar-refractivity contribution in [3.8, 4) is 11.5 Å². The summed E-state index contributed by atoms with van der Waals surface area (Å²) in [5, 5.41) is 1.52. The Morgan fingerprint density at radius 1 is 0.947 bits per heavy atom. The third kappa shape index (κ3) is 5.20. The van der Waals surface area contributed by atoms with Crippen molar-refractivity contribution in [1.29, 1.82) is 0 Å². The van der Waals surface area contributed by atoms with Crippen molar-refractivity contribution in [3.63, 3.8) is 0 Å². The Morgan fingerprint density at radius 3 is 2.45 bits per heavy atom. The van der Waals surface area contributed by atoms with Crippen LogP contribution in [0.15, 0.2) is 72.9 Å². The summed E-state index contributed by atoms with van der Waals surface area (Å²) < 4.78 is 23.0. The Balaban J connectivity index is 1.56. The summed E-state index contributed by atoms with van der Waals surface area (Å²) in [6.07, 6.45) is 1.82. The molecule has 1 saturated heterocycles. The minimum Gasteiger partial charge on any atom is -0.490 e. The number of carbonyl (C=O) groups is 2. The monoisotopic (exact) mass is 533 g/mol. The second kappa shape index (κ2) is 10.4. The van der Waals surface area contributed by atoms with Gasteiger partial charge in [-0.25, -0.2) is 0 Å². The number of benzene rings is 3. The zero-order valence-corrected chi connectivity index (χ0v) is 22.1. The highest BCUT2D eigenvalue weighted by Crippen LogP contribution is 2.43. The number of hydrogen-bond acceptors (Lipinski definition) is 6. The van der Waals surface area contributed by atoms with Gasteiger partial charge in [0.2, 0.25) is 0 Å². The molecular weight excluding hydrogens is 506 g/mol. The lowest BCUT2D eigenvalue weighted by molar-refractivity contribution is -0.240. The molecule has 0 unspecified atom stereocenters. The summed E-state index contributed by atoms with van der Waals surface area (Å²) >= 11 is 6.11. The molecule has 2 heterocycles. The molecular formula is C30H28ClNO6. The smallest absolute Gasteiger partial charge is 0.324 e. The summed E-state index contributed by atoms with van der Waals surface area (Å²) in [5.74, 6) is -3.47. The first-order valence-corrected chi connectivity index (χ1v) is 12.8. The third-order valence-electron chi connectivity index (χ3n) is 6.40. The van der Waals surface area contributed by atoms with Gasteiger partial charge in [-0.15, -0.1) is 0 Å². The predicted molar refractivity (Wildman–Crippen MR) is 143 cm³/mol. The second-order valence-corrected chi connectivity index (χ2v) is 9.98. The molecule has 1 atom stereocenters. The van der Waals surface area contributed by atoms with Crippen LogP contribution in [0.4, 0.5) is 0 Å². The van der Waals surface area contributed by atoms with E-state index in [0.717, 1.165) is 22.0 Å². The maximum atomic E-state index is 13.2. The first-order chi connectivity index (χ1) is 18.3. The van der Waals surface area contributed by atoms with Gasteiger partial charge in [0.1, 0.15) is 6.61 Å². The van der Waals surface area contributed by atoms with E-state index in [4.69, 9.17) is 30.5 Å². The van der Waals surface area contributed by atoms with E-state index in [-0.39, 0.29) is 0 Å². The SMILES string of the molecule is CCOc1cc([C@H](c2c[nH]c3ccccc23)C2C(=O)OC(C)(C)OC2=O)ccc1OCc1cccc(Cl)c1. The van der Waals surface area contributed by atoms with Crippen LogP contribution in [0.5, 0.6) is 11.5 Å². The van der Waals surface area contributed by atoms with Crippen molar-refractivity contribution in [1.82, 2.24) is 4.98 Å². The minimum atomic E-state index is -1.33. The molecule has 38 heavy (non-hydrogen) atoms. The Morgan fingerprint density at radius 2 is 1.71 bits per heavy atom. The van der Waals surface area contributed by atoms with Crippen molar-refractivity contribution < 1.29 is 28.5 Å². The van der Waals surface area contributed by atoms with E-state index in [2.05, 4.69) is 4.98 Å². The lowest BCUT2D eigenvalue weighted by Crippen LogP contribution is -2.48. The molecule has 3 aromatic carbocycles. The zero-order valence-electron chi connectivity index (χ0n) is 21.3. The Hall–Kier alpha value is -3.97. The molecule has 0 aliphatic carbocycles. The van der Waals surface area contributed by atoms with Crippen LogP contribution in [0.2, 0.25) is 5.02 Å². The van der Waals surface area contributed by atoms with Gasteiger partial charge < -0.3 is 23.9 Å². The molecule has 0 radical (unpaired) electrons. The van der Waals surface area contributed by atoms with E-state index < -0.39 is 29.6 Å². The Labute approximate surface area is 225 Å². The van der Waals surface area contributed by atoms with Crippen LogP contribution < -0.4 is 9.47 Å². The first kappa shape index (κ1) is 25.7. The fraction of sp³-hybridized carbons (Fsp3) is 0.267. The number of H-pyrrole nitrogens is 1. The number of para-hydroxylation sites is 1. The molecule has 7 nitrogen and oxygen atoms in total. The van der Waals surface area contributed by atoms with Crippen LogP contribution in [0.25, 0.3) is 10.9 Å². The van der Waals surface area contributed by atoms with Crippen LogP contribution in [0.3, 0.4) is 0 Å². The molecule has 1 N–H and O–H groups in total. The van der Waals surface area contributed by atoms with Crippen LogP contribution in [-0.4, -0.2) is 29.3 Å². The molecule has 1 aliphatic heterocycles. The molecule has 5 rings (SSSR count). The number of nitrogens with one attached hydrogen (secondary N) is 1. The normalized spacial score (nSPS) is 16.1. The summed E-state index contributed by atoms with van der Waals surface area (Å²) in [6, 6.07) is 20.6.